The van der Waals surface area contributed by atoms with Crippen LogP contribution >= 0.6 is 0 Å². The summed E-state index contributed by atoms with van der Waals surface area (Å²) in [6.45, 7) is 5.58. The van der Waals surface area contributed by atoms with Crippen molar-refractivity contribution in [1.29, 1.82) is 0 Å². The van der Waals surface area contributed by atoms with Gasteiger partial charge in [-0.3, -0.25) is 4.98 Å². The van der Waals surface area contributed by atoms with Gasteiger partial charge in [-0.2, -0.15) is 0 Å². The number of hydrogen-bond acceptors (Lipinski definition) is 3. The Balaban J connectivity index is 2.05. The van der Waals surface area contributed by atoms with E-state index in [0.717, 1.165) is 25.1 Å². The first-order valence-corrected chi connectivity index (χ1v) is 6.77. The molecule has 0 amide bonds. The minimum absolute atomic E-state index is 0.229. The molecule has 0 aliphatic heterocycles. The van der Waals surface area contributed by atoms with Crippen molar-refractivity contribution in [1.82, 2.24) is 10.3 Å². The van der Waals surface area contributed by atoms with Crippen LogP contribution in [0.4, 0.5) is 4.39 Å². The third-order valence-electron chi connectivity index (χ3n) is 2.89. The van der Waals surface area contributed by atoms with E-state index >= 15 is 0 Å². The second-order valence-corrected chi connectivity index (χ2v) is 4.72. The van der Waals surface area contributed by atoms with Gasteiger partial charge in [0, 0.05) is 12.7 Å². The van der Waals surface area contributed by atoms with E-state index in [1.54, 1.807) is 25.3 Å². The summed E-state index contributed by atoms with van der Waals surface area (Å²) in [5.74, 6) is 1.05. The van der Waals surface area contributed by atoms with Crippen LogP contribution in [0.3, 0.4) is 0 Å². The maximum atomic E-state index is 13.2. The van der Waals surface area contributed by atoms with Gasteiger partial charge in [-0.15, -0.1) is 0 Å². The molecule has 0 bridgehead atoms. The van der Waals surface area contributed by atoms with E-state index in [1.165, 1.54) is 6.07 Å². The first-order chi connectivity index (χ1) is 9.69. The molecular formula is C16H19FN2O. The van der Waals surface area contributed by atoms with Crippen molar-refractivity contribution in [3.05, 3.63) is 53.6 Å². The van der Waals surface area contributed by atoms with Gasteiger partial charge in [0.15, 0.2) is 0 Å². The van der Waals surface area contributed by atoms with Crippen molar-refractivity contribution in [3.63, 3.8) is 0 Å². The van der Waals surface area contributed by atoms with Crippen molar-refractivity contribution in [2.45, 2.75) is 26.8 Å². The molecule has 20 heavy (non-hydrogen) atoms. The Labute approximate surface area is 118 Å². The smallest absolute Gasteiger partial charge is 0.146 e. The van der Waals surface area contributed by atoms with Gasteiger partial charge < -0.3 is 10.1 Å². The zero-order valence-corrected chi connectivity index (χ0v) is 11.8. The van der Waals surface area contributed by atoms with Crippen molar-refractivity contribution in [3.8, 4) is 11.5 Å². The lowest BCUT2D eigenvalue weighted by atomic mass is 10.2. The zero-order chi connectivity index (χ0) is 14.4. The lowest BCUT2D eigenvalue weighted by Gasteiger charge is -2.08. The summed E-state index contributed by atoms with van der Waals surface area (Å²) in [6, 6.07) is 6.64. The Kier molecular flexibility index (Phi) is 5.07. The molecule has 0 fully saturated rings. The van der Waals surface area contributed by atoms with Crippen molar-refractivity contribution < 1.29 is 9.13 Å². The predicted octanol–water partition coefficient (Wildman–Crippen LogP) is 3.82. The molecule has 0 radical (unpaired) electrons. The lowest BCUT2D eigenvalue weighted by molar-refractivity contribution is 0.476. The Hall–Kier alpha value is -1.94. The molecule has 0 aliphatic carbocycles. The second-order valence-electron chi connectivity index (χ2n) is 4.72. The Morgan fingerprint density at radius 1 is 1.20 bits per heavy atom. The second kappa shape index (κ2) is 7.01. The molecule has 0 atom stereocenters. The number of nitrogens with one attached hydrogen (secondary N) is 1. The molecule has 1 aromatic carbocycles. The quantitative estimate of drug-likeness (QED) is 0.813. The molecular weight excluding hydrogens is 255 g/mol. The van der Waals surface area contributed by atoms with Crippen LogP contribution in [0.25, 0.3) is 0 Å². The number of benzene rings is 1. The Morgan fingerprint density at radius 2 is 2.05 bits per heavy atom. The van der Waals surface area contributed by atoms with Crippen LogP contribution < -0.4 is 10.1 Å². The van der Waals surface area contributed by atoms with Crippen LogP contribution in [0, 0.1) is 12.7 Å². The maximum Gasteiger partial charge on any atom is 0.146 e. The van der Waals surface area contributed by atoms with E-state index in [-0.39, 0.29) is 5.82 Å². The monoisotopic (exact) mass is 274 g/mol. The first-order valence-electron chi connectivity index (χ1n) is 6.77. The summed E-state index contributed by atoms with van der Waals surface area (Å²) in [6.07, 6.45) is 4.56. The van der Waals surface area contributed by atoms with E-state index in [0.29, 0.717) is 17.1 Å². The Bertz CT molecular complexity index is 572. The average Bonchev–Trinajstić information content (AvgIpc) is 2.44. The van der Waals surface area contributed by atoms with Gasteiger partial charge in [0.1, 0.15) is 17.3 Å². The fraction of sp³-hybridized carbons (Fsp3) is 0.312. The van der Waals surface area contributed by atoms with Crippen molar-refractivity contribution >= 4 is 0 Å². The molecule has 4 heteroatoms. The first kappa shape index (κ1) is 14.5. The number of nitrogens with zero attached hydrogens (tertiary/aromatic N) is 1. The fourth-order valence-corrected chi connectivity index (χ4v) is 1.84. The van der Waals surface area contributed by atoms with Gasteiger partial charge in [0.05, 0.1) is 6.20 Å². The zero-order valence-electron chi connectivity index (χ0n) is 11.8. The summed E-state index contributed by atoms with van der Waals surface area (Å²) >= 11 is 0. The molecule has 0 saturated heterocycles. The van der Waals surface area contributed by atoms with Crippen LogP contribution in [0.2, 0.25) is 0 Å². The van der Waals surface area contributed by atoms with Crippen LogP contribution in [0.5, 0.6) is 11.5 Å². The third-order valence-corrected chi connectivity index (χ3v) is 2.89. The van der Waals surface area contributed by atoms with Gasteiger partial charge in [-0.1, -0.05) is 6.92 Å². The van der Waals surface area contributed by atoms with E-state index < -0.39 is 0 Å². The highest BCUT2D eigenvalue weighted by molar-refractivity contribution is 5.34. The SMILES string of the molecule is CCCNCc1cncc(Oc2ccc(F)c(C)c2)c1. The number of ether oxygens (including phenoxy) is 1. The molecule has 106 valence electrons. The molecule has 1 heterocycles. The molecule has 0 spiro atoms. The number of rotatable bonds is 6. The van der Waals surface area contributed by atoms with Crippen LogP contribution in [-0.2, 0) is 6.54 Å². The lowest BCUT2D eigenvalue weighted by Crippen LogP contribution is -2.13. The maximum absolute atomic E-state index is 13.2. The Morgan fingerprint density at radius 3 is 2.80 bits per heavy atom. The van der Waals surface area contributed by atoms with Crippen LogP contribution in [0.15, 0.2) is 36.7 Å². The molecule has 1 N–H and O–H groups in total. The summed E-state index contributed by atoms with van der Waals surface area (Å²) in [5, 5.41) is 3.31. The number of hydrogen-bond donors (Lipinski definition) is 1. The van der Waals surface area contributed by atoms with E-state index in [9.17, 15) is 4.39 Å². The highest BCUT2D eigenvalue weighted by atomic mass is 19.1. The van der Waals surface area contributed by atoms with E-state index in [4.69, 9.17) is 4.74 Å². The summed E-state index contributed by atoms with van der Waals surface area (Å²) in [4.78, 5) is 4.16. The molecule has 1 aromatic heterocycles. The minimum Gasteiger partial charge on any atom is -0.456 e. The third kappa shape index (κ3) is 4.03. The summed E-state index contributed by atoms with van der Waals surface area (Å²) < 4.78 is 18.9. The normalized spacial score (nSPS) is 10.6. The van der Waals surface area contributed by atoms with E-state index in [2.05, 4.69) is 17.2 Å². The number of halogens is 1. The molecule has 2 aromatic rings. The van der Waals surface area contributed by atoms with E-state index in [1.807, 2.05) is 12.3 Å². The summed E-state index contributed by atoms with van der Waals surface area (Å²) in [5.41, 5.74) is 1.63. The topological polar surface area (TPSA) is 34.2 Å². The number of aromatic nitrogens is 1. The highest BCUT2D eigenvalue weighted by Crippen LogP contribution is 2.23. The largest absolute Gasteiger partial charge is 0.456 e. The van der Waals surface area contributed by atoms with Gasteiger partial charge in [-0.25, -0.2) is 4.39 Å². The van der Waals surface area contributed by atoms with Crippen molar-refractivity contribution in [2.24, 2.45) is 0 Å². The highest BCUT2D eigenvalue weighted by Gasteiger charge is 2.03. The van der Waals surface area contributed by atoms with Crippen LogP contribution in [-0.4, -0.2) is 11.5 Å². The van der Waals surface area contributed by atoms with Crippen molar-refractivity contribution in [2.75, 3.05) is 6.54 Å². The minimum atomic E-state index is -0.229. The number of pyridine rings is 1. The summed E-state index contributed by atoms with van der Waals surface area (Å²) in [7, 11) is 0. The molecule has 2 rings (SSSR count). The molecule has 0 aliphatic rings. The fourth-order valence-electron chi connectivity index (χ4n) is 1.84. The van der Waals surface area contributed by atoms with Gasteiger partial charge >= 0.3 is 0 Å². The molecule has 0 unspecified atom stereocenters. The standard InChI is InChI=1S/C16H19FN2O/c1-3-6-18-9-13-8-15(11-19-10-13)20-14-4-5-16(17)12(2)7-14/h4-5,7-8,10-11,18H,3,6,9H2,1-2H3. The number of aryl methyl sites for hydroxylation is 1. The van der Waals surface area contributed by atoms with Crippen LogP contribution in [0.1, 0.15) is 24.5 Å². The predicted molar refractivity (Wildman–Crippen MR) is 77.4 cm³/mol. The average molecular weight is 274 g/mol. The van der Waals surface area contributed by atoms with Gasteiger partial charge in [-0.05, 0) is 55.3 Å². The molecule has 0 saturated carbocycles. The van der Waals surface area contributed by atoms with Gasteiger partial charge in [0.2, 0.25) is 0 Å². The van der Waals surface area contributed by atoms with Gasteiger partial charge in [0.25, 0.3) is 0 Å². The molecule has 3 nitrogen and oxygen atoms in total.